The number of aromatic nitrogens is 3. The third-order valence-corrected chi connectivity index (χ3v) is 3.94. The van der Waals surface area contributed by atoms with Crippen LogP contribution < -0.4 is 0 Å². The van der Waals surface area contributed by atoms with Gasteiger partial charge in [-0.3, -0.25) is 4.79 Å². The highest BCUT2D eigenvalue weighted by Gasteiger charge is 2.24. The number of amides is 1. The second kappa shape index (κ2) is 7.31. The minimum absolute atomic E-state index is 0.125. The van der Waals surface area contributed by atoms with E-state index < -0.39 is 5.82 Å². The molecule has 130 valence electrons. The van der Waals surface area contributed by atoms with Gasteiger partial charge in [0, 0.05) is 25.5 Å². The smallest absolute Gasteiger partial charge is 0.259 e. The molecule has 6 nitrogen and oxygen atoms in total. The SMILES string of the molecule is CCN(CCO)C(=O)c1cnn(-c2ccccc2F)c1-n1cccc1. The Morgan fingerprint density at radius 1 is 1.24 bits per heavy atom. The summed E-state index contributed by atoms with van der Waals surface area (Å²) in [5, 5.41) is 13.4. The third-order valence-electron chi connectivity index (χ3n) is 3.94. The number of hydrogen-bond donors (Lipinski definition) is 1. The van der Waals surface area contributed by atoms with Gasteiger partial charge in [0.05, 0.1) is 12.8 Å². The fourth-order valence-corrected chi connectivity index (χ4v) is 2.71. The van der Waals surface area contributed by atoms with Gasteiger partial charge in [-0.25, -0.2) is 9.07 Å². The zero-order valence-corrected chi connectivity index (χ0v) is 13.8. The number of aliphatic hydroxyl groups excluding tert-OH is 1. The molecule has 0 unspecified atom stereocenters. The predicted octanol–water partition coefficient (Wildman–Crippen LogP) is 2.26. The highest BCUT2D eigenvalue weighted by atomic mass is 19.1. The molecule has 0 spiro atoms. The number of likely N-dealkylation sites (N-methyl/N-ethyl adjacent to an activating group) is 1. The number of carbonyl (C=O) groups excluding carboxylic acids is 1. The molecule has 7 heteroatoms. The molecule has 1 amide bonds. The Labute approximate surface area is 144 Å². The van der Waals surface area contributed by atoms with Gasteiger partial charge in [0.25, 0.3) is 5.91 Å². The first kappa shape index (κ1) is 16.9. The molecule has 0 aliphatic heterocycles. The lowest BCUT2D eigenvalue weighted by molar-refractivity contribution is 0.0732. The van der Waals surface area contributed by atoms with Gasteiger partial charge in [-0.2, -0.15) is 5.10 Å². The molecule has 2 aromatic heterocycles. The lowest BCUT2D eigenvalue weighted by atomic mass is 10.2. The van der Waals surface area contributed by atoms with Crippen molar-refractivity contribution in [2.75, 3.05) is 19.7 Å². The number of halogens is 1. The molecule has 0 saturated carbocycles. The second-order valence-electron chi connectivity index (χ2n) is 5.44. The number of hydrogen-bond acceptors (Lipinski definition) is 3. The summed E-state index contributed by atoms with van der Waals surface area (Å²) >= 11 is 0. The summed E-state index contributed by atoms with van der Waals surface area (Å²) in [4.78, 5) is 14.4. The Morgan fingerprint density at radius 2 is 1.96 bits per heavy atom. The van der Waals surface area contributed by atoms with Crippen LogP contribution in [0.3, 0.4) is 0 Å². The van der Waals surface area contributed by atoms with E-state index in [4.69, 9.17) is 5.11 Å². The van der Waals surface area contributed by atoms with Crippen LogP contribution >= 0.6 is 0 Å². The van der Waals surface area contributed by atoms with E-state index in [9.17, 15) is 9.18 Å². The van der Waals surface area contributed by atoms with Crippen molar-refractivity contribution in [3.63, 3.8) is 0 Å². The lowest BCUT2D eigenvalue weighted by Crippen LogP contribution is -2.33. The van der Waals surface area contributed by atoms with E-state index >= 15 is 0 Å². The number of benzene rings is 1. The Bertz CT molecular complexity index is 858. The Morgan fingerprint density at radius 3 is 2.60 bits per heavy atom. The monoisotopic (exact) mass is 342 g/mol. The minimum Gasteiger partial charge on any atom is -0.395 e. The van der Waals surface area contributed by atoms with Crippen LogP contribution in [0, 0.1) is 5.82 Å². The molecule has 3 aromatic rings. The highest BCUT2D eigenvalue weighted by Crippen LogP contribution is 2.22. The van der Waals surface area contributed by atoms with Crippen LogP contribution in [0.5, 0.6) is 0 Å². The summed E-state index contributed by atoms with van der Waals surface area (Å²) in [6.45, 7) is 2.39. The maximum atomic E-state index is 14.3. The van der Waals surface area contributed by atoms with Crippen LogP contribution in [0.1, 0.15) is 17.3 Å². The molecule has 25 heavy (non-hydrogen) atoms. The molecule has 0 fully saturated rings. The Kier molecular flexibility index (Phi) is 4.95. The van der Waals surface area contributed by atoms with Crippen molar-refractivity contribution in [3.05, 3.63) is 66.4 Å². The van der Waals surface area contributed by atoms with Gasteiger partial charge in [0.1, 0.15) is 17.1 Å². The van der Waals surface area contributed by atoms with Crippen molar-refractivity contribution >= 4 is 5.91 Å². The minimum atomic E-state index is -0.430. The van der Waals surface area contributed by atoms with Crippen LogP contribution in [-0.2, 0) is 0 Å². The Hall–Kier alpha value is -2.93. The molecule has 0 radical (unpaired) electrons. The standard InChI is InChI=1S/C18H19FN4O2/c1-2-21(11-12-24)18(25)14-13-20-23(16-8-4-3-7-15(16)19)17(14)22-9-5-6-10-22/h3-10,13,24H,2,11-12H2,1H3. The molecular formula is C18H19FN4O2. The zero-order valence-electron chi connectivity index (χ0n) is 13.8. The molecule has 0 aliphatic carbocycles. The van der Waals surface area contributed by atoms with E-state index in [1.54, 1.807) is 35.2 Å². The lowest BCUT2D eigenvalue weighted by Gasteiger charge is -2.20. The summed E-state index contributed by atoms with van der Waals surface area (Å²) in [5.41, 5.74) is 0.602. The molecule has 0 bridgehead atoms. The third kappa shape index (κ3) is 3.18. The van der Waals surface area contributed by atoms with E-state index in [1.807, 2.05) is 19.1 Å². The molecule has 1 N–H and O–H groups in total. The molecular weight excluding hydrogens is 323 g/mol. The Balaban J connectivity index is 2.15. The number of aliphatic hydroxyl groups is 1. The fraction of sp³-hybridized carbons (Fsp3) is 0.222. The van der Waals surface area contributed by atoms with Crippen LogP contribution in [0.2, 0.25) is 0 Å². The first-order valence-electron chi connectivity index (χ1n) is 8.03. The van der Waals surface area contributed by atoms with Crippen molar-refractivity contribution in [3.8, 4) is 11.5 Å². The van der Waals surface area contributed by atoms with Crippen molar-refractivity contribution in [1.29, 1.82) is 0 Å². The van der Waals surface area contributed by atoms with Crippen molar-refractivity contribution < 1.29 is 14.3 Å². The number of rotatable bonds is 6. The van der Waals surface area contributed by atoms with Crippen molar-refractivity contribution in [2.45, 2.75) is 6.92 Å². The molecule has 0 atom stereocenters. The van der Waals surface area contributed by atoms with Gasteiger partial charge < -0.3 is 14.6 Å². The zero-order chi connectivity index (χ0) is 17.8. The van der Waals surface area contributed by atoms with Crippen molar-refractivity contribution in [2.24, 2.45) is 0 Å². The topological polar surface area (TPSA) is 63.3 Å². The molecule has 3 rings (SSSR count). The quantitative estimate of drug-likeness (QED) is 0.747. The van der Waals surface area contributed by atoms with E-state index in [0.29, 0.717) is 17.9 Å². The van der Waals surface area contributed by atoms with Gasteiger partial charge in [0.2, 0.25) is 0 Å². The first-order valence-corrected chi connectivity index (χ1v) is 8.03. The van der Waals surface area contributed by atoms with Gasteiger partial charge in [0.15, 0.2) is 5.82 Å². The molecule has 1 aromatic carbocycles. The number of para-hydroxylation sites is 1. The normalized spacial score (nSPS) is 10.8. The van der Waals surface area contributed by atoms with E-state index in [0.717, 1.165) is 0 Å². The van der Waals surface area contributed by atoms with Gasteiger partial charge in [-0.1, -0.05) is 12.1 Å². The average Bonchev–Trinajstić information content (AvgIpc) is 3.28. The summed E-state index contributed by atoms with van der Waals surface area (Å²) in [6.07, 6.45) is 4.98. The maximum absolute atomic E-state index is 14.3. The molecule has 0 aliphatic rings. The number of nitrogens with zero attached hydrogens (tertiary/aromatic N) is 4. The second-order valence-corrected chi connectivity index (χ2v) is 5.44. The van der Waals surface area contributed by atoms with Crippen LogP contribution in [0.25, 0.3) is 11.5 Å². The molecule has 0 saturated heterocycles. The van der Waals surface area contributed by atoms with Gasteiger partial charge >= 0.3 is 0 Å². The summed E-state index contributed by atoms with van der Waals surface area (Å²) in [6, 6.07) is 9.91. The first-order chi connectivity index (χ1) is 12.2. The van der Waals surface area contributed by atoms with Crippen LogP contribution in [0.4, 0.5) is 4.39 Å². The highest BCUT2D eigenvalue weighted by molar-refractivity contribution is 5.97. The summed E-state index contributed by atoms with van der Waals surface area (Å²) < 4.78 is 17.4. The van der Waals surface area contributed by atoms with Crippen LogP contribution in [0.15, 0.2) is 55.0 Å². The van der Waals surface area contributed by atoms with Crippen molar-refractivity contribution in [1.82, 2.24) is 19.2 Å². The average molecular weight is 342 g/mol. The van der Waals surface area contributed by atoms with E-state index in [1.165, 1.54) is 21.8 Å². The predicted molar refractivity (Wildman–Crippen MR) is 91.5 cm³/mol. The largest absolute Gasteiger partial charge is 0.395 e. The van der Waals surface area contributed by atoms with E-state index in [2.05, 4.69) is 5.10 Å². The maximum Gasteiger partial charge on any atom is 0.259 e. The van der Waals surface area contributed by atoms with Gasteiger partial charge in [-0.05, 0) is 31.2 Å². The summed E-state index contributed by atoms with van der Waals surface area (Å²) in [7, 11) is 0. The fourth-order valence-electron chi connectivity index (χ4n) is 2.71. The van der Waals surface area contributed by atoms with Crippen LogP contribution in [-0.4, -0.2) is 50.0 Å². The summed E-state index contributed by atoms with van der Waals surface area (Å²) in [5.74, 6) is -0.236. The van der Waals surface area contributed by atoms with E-state index in [-0.39, 0.29) is 24.7 Å². The van der Waals surface area contributed by atoms with Gasteiger partial charge in [-0.15, -0.1) is 0 Å². The molecule has 2 heterocycles. The number of carbonyl (C=O) groups is 1.